The first-order valence-corrected chi connectivity index (χ1v) is 11.1. The molecule has 0 bridgehead atoms. The molecule has 0 unspecified atom stereocenters. The monoisotopic (exact) mass is 442 g/mol. The molecular formula is C28H22N6. The number of benzene rings is 3. The molecule has 0 saturated heterocycles. The molecule has 6 rings (SSSR count). The number of anilines is 4. The summed E-state index contributed by atoms with van der Waals surface area (Å²) in [6.45, 7) is 2.09. The molecule has 6 aromatic rings. The highest BCUT2D eigenvalue weighted by Gasteiger charge is 2.08. The van der Waals surface area contributed by atoms with Crippen molar-refractivity contribution in [2.24, 2.45) is 0 Å². The number of nitrogens with one attached hydrogen (secondary N) is 3. The van der Waals surface area contributed by atoms with E-state index in [9.17, 15) is 0 Å². The van der Waals surface area contributed by atoms with Gasteiger partial charge in [-0.1, -0.05) is 11.6 Å². The van der Waals surface area contributed by atoms with Crippen molar-refractivity contribution in [1.29, 1.82) is 0 Å². The maximum absolute atomic E-state index is 4.77. The third-order valence-electron chi connectivity index (χ3n) is 5.79. The van der Waals surface area contributed by atoms with Crippen LogP contribution >= 0.6 is 0 Å². The summed E-state index contributed by atoms with van der Waals surface area (Å²) < 4.78 is 0. The molecule has 164 valence electrons. The van der Waals surface area contributed by atoms with Crippen LogP contribution in [-0.4, -0.2) is 19.9 Å². The van der Waals surface area contributed by atoms with Crippen molar-refractivity contribution in [1.82, 2.24) is 19.9 Å². The lowest BCUT2D eigenvalue weighted by Gasteiger charge is -2.10. The number of aromatic nitrogens is 4. The quantitative estimate of drug-likeness (QED) is 0.269. The van der Waals surface area contributed by atoms with Gasteiger partial charge in [0.2, 0.25) is 0 Å². The third kappa shape index (κ3) is 3.93. The van der Waals surface area contributed by atoms with Gasteiger partial charge in [-0.2, -0.15) is 0 Å². The van der Waals surface area contributed by atoms with E-state index in [0.717, 1.165) is 56.1 Å². The summed E-state index contributed by atoms with van der Waals surface area (Å²) >= 11 is 0. The van der Waals surface area contributed by atoms with Gasteiger partial charge in [0.1, 0.15) is 5.82 Å². The Labute approximate surface area is 196 Å². The largest absolute Gasteiger partial charge is 0.355 e. The van der Waals surface area contributed by atoms with Gasteiger partial charge < -0.3 is 15.6 Å². The van der Waals surface area contributed by atoms with Crippen LogP contribution in [0.15, 0.2) is 97.5 Å². The maximum atomic E-state index is 4.77. The minimum atomic E-state index is 0.840. The van der Waals surface area contributed by atoms with Crippen molar-refractivity contribution in [3.8, 4) is 11.4 Å². The fraction of sp³-hybridized carbons (Fsp3) is 0.0357. The van der Waals surface area contributed by atoms with Crippen LogP contribution in [-0.2, 0) is 0 Å². The van der Waals surface area contributed by atoms with Gasteiger partial charge in [-0.25, -0.2) is 4.98 Å². The molecule has 34 heavy (non-hydrogen) atoms. The second-order valence-corrected chi connectivity index (χ2v) is 8.26. The molecule has 0 aliphatic carbocycles. The van der Waals surface area contributed by atoms with Gasteiger partial charge in [-0.3, -0.25) is 9.97 Å². The highest BCUT2D eigenvalue weighted by atomic mass is 14.9. The Kier molecular flexibility index (Phi) is 4.88. The number of fused-ring (bicyclic) bond motifs is 2. The minimum absolute atomic E-state index is 0.840. The fourth-order valence-electron chi connectivity index (χ4n) is 4.06. The first kappa shape index (κ1) is 19.9. The van der Waals surface area contributed by atoms with Gasteiger partial charge in [0.15, 0.2) is 0 Å². The minimum Gasteiger partial charge on any atom is -0.355 e. The zero-order valence-corrected chi connectivity index (χ0v) is 18.6. The van der Waals surface area contributed by atoms with Crippen molar-refractivity contribution in [3.05, 3.63) is 103 Å². The van der Waals surface area contributed by atoms with Crippen molar-refractivity contribution in [3.63, 3.8) is 0 Å². The number of hydrogen-bond acceptors (Lipinski definition) is 5. The zero-order valence-electron chi connectivity index (χ0n) is 18.6. The Balaban J connectivity index is 1.25. The number of imidazole rings is 1. The Morgan fingerprint density at radius 3 is 2.29 bits per heavy atom. The molecule has 0 atom stereocenters. The molecule has 3 heterocycles. The molecule has 0 saturated carbocycles. The van der Waals surface area contributed by atoms with Gasteiger partial charge >= 0.3 is 0 Å². The van der Waals surface area contributed by atoms with Crippen LogP contribution < -0.4 is 10.6 Å². The molecule has 3 aromatic heterocycles. The van der Waals surface area contributed by atoms with Crippen molar-refractivity contribution >= 4 is 44.7 Å². The Hall–Kier alpha value is -4.71. The van der Waals surface area contributed by atoms with Crippen molar-refractivity contribution in [2.45, 2.75) is 6.92 Å². The van der Waals surface area contributed by atoms with E-state index < -0.39 is 0 Å². The molecule has 0 radical (unpaired) electrons. The molecule has 3 N–H and O–H groups in total. The Morgan fingerprint density at radius 2 is 1.44 bits per heavy atom. The summed E-state index contributed by atoms with van der Waals surface area (Å²) in [6.07, 6.45) is 5.37. The van der Waals surface area contributed by atoms with Gasteiger partial charge in [-0.05, 0) is 79.7 Å². The van der Waals surface area contributed by atoms with Crippen molar-refractivity contribution in [2.75, 3.05) is 10.6 Å². The van der Waals surface area contributed by atoms with Crippen molar-refractivity contribution < 1.29 is 0 Å². The second kappa shape index (κ2) is 8.33. The third-order valence-corrected chi connectivity index (χ3v) is 5.79. The van der Waals surface area contributed by atoms with Gasteiger partial charge in [-0.15, -0.1) is 0 Å². The Morgan fingerprint density at radius 1 is 0.676 bits per heavy atom. The average Bonchev–Trinajstić information content (AvgIpc) is 3.29. The summed E-state index contributed by atoms with van der Waals surface area (Å²) in [7, 11) is 0. The van der Waals surface area contributed by atoms with Gasteiger partial charge in [0.25, 0.3) is 0 Å². The van der Waals surface area contributed by atoms with Crippen LogP contribution in [0.3, 0.4) is 0 Å². The number of rotatable bonds is 5. The van der Waals surface area contributed by atoms with E-state index in [1.54, 1.807) is 12.4 Å². The maximum Gasteiger partial charge on any atom is 0.138 e. The number of pyridine rings is 2. The standard InChI is InChI=1S/C28H22N6/c1-18-2-8-24-23(16-18)25(12-15-30-24)32-20-5-3-19(4-6-20)28-33-26-9-7-22(17-27(26)34-28)31-21-10-13-29-14-11-21/h2-17H,1H3,(H,29,31)(H,30,32)(H,33,34). The van der Waals surface area contributed by atoms with E-state index >= 15 is 0 Å². The molecule has 0 fully saturated rings. The van der Waals surface area contributed by atoms with Crippen LogP contribution in [0, 0.1) is 6.92 Å². The molecule has 3 aromatic carbocycles. The smallest absolute Gasteiger partial charge is 0.138 e. The highest BCUT2D eigenvalue weighted by Crippen LogP contribution is 2.28. The fourth-order valence-corrected chi connectivity index (χ4v) is 4.06. The molecule has 0 aliphatic rings. The van der Waals surface area contributed by atoms with Crippen LogP contribution in [0.1, 0.15) is 5.56 Å². The van der Waals surface area contributed by atoms with E-state index in [1.165, 1.54) is 5.56 Å². The summed E-state index contributed by atoms with van der Waals surface area (Å²) in [5.41, 5.74) is 9.17. The summed E-state index contributed by atoms with van der Waals surface area (Å²) in [4.78, 5) is 16.7. The topological polar surface area (TPSA) is 78.5 Å². The second-order valence-electron chi connectivity index (χ2n) is 8.26. The summed E-state index contributed by atoms with van der Waals surface area (Å²) in [5.74, 6) is 0.840. The SMILES string of the molecule is Cc1ccc2nccc(Nc3ccc(-c4nc5ccc(Nc6ccncc6)cc5[nH]4)cc3)c2c1. The average molecular weight is 443 g/mol. The zero-order chi connectivity index (χ0) is 22.9. The first-order valence-electron chi connectivity index (χ1n) is 11.1. The van der Waals surface area contributed by atoms with Gasteiger partial charge in [0, 0.05) is 52.3 Å². The van der Waals surface area contributed by atoms with Gasteiger partial charge in [0.05, 0.1) is 16.6 Å². The van der Waals surface area contributed by atoms with E-state index in [2.05, 4.69) is 81.0 Å². The normalized spacial score (nSPS) is 11.1. The summed E-state index contributed by atoms with van der Waals surface area (Å²) in [5, 5.41) is 8.03. The lowest BCUT2D eigenvalue weighted by Crippen LogP contribution is -1.93. The van der Waals surface area contributed by atoms with E-state index in [4.69, 9.17) is 4.98 Å². The van der Waals surface area contributed by atoms with E-state index in [1.807, 2.05) is 36.5 Å². The highest BCUT2D eigenvalue weighted by molar-refractivity contribution is 5.93. The number of H-pyrrole nitrogens is 1. The van der Waals surface area contributed by atoms with Crippen LogP contribution in [0.2, 0.25) is 0 Å². The lowest BCUT2D eigenvalue weighted by molar-refractivity contribution is 1.32. The van der Waals surface area contributed by atoms with E-state index in [0.29, 0.717) is 0 Å². The lowest BCUT2D eigenvalue weighted by atomic mass is 10.1. The number of nitrogens with zero attached hydrogens (tertiary/aromatic N) is 3. The summed E-state index contributed by atoms with van der Waals surface area (Å²) in [6, 6.07) is 26.6. The molecule has 0 amide bonds. The Bertz CT molecular complexity index is 1600. The number of hydrogen-bond donors (Lipinski definition) is 3. The molecule has 0 aliphatic heterocycles. The number of aromatic amines is 1. The predicted molar refractivity (Wildman–Crippen MR) is 139 cm³/mol. The molecule has 6 nitrogen and oxygen atoms in total. The predicted octanol–water partition coefficient (Wildman–Crippen LogP) is 6.97. The van der Waals surface area contributed by atoms with Crippen LogP contribution in [0.5, 0.6) is 0 Å². The molecule has 0 spiro atoms. The van der Waals surface area contributed by atoms with Crippen LogP contribution in [0.4, 0.5) is 22.7 Å². The molecular weight excluding hydrogens is 420 g/mol. The van der Waals surface area contributed by atoms with Crippen LogP contribution in [0.25, 0.3) is 33.3 Å². The van der Waals surface area contributed by atoms with E-state index in [-0.39, 0.29) is 0 Å². The first-order chi connectivity index (χ1) is 16.7. The molecule has 6 heteroatoms. The number of aryl methyl sites for hydroxylation is 1.